The number of nitrogens with one attached hydrogen (secondary N) is 5. The minimum atomic E-state index is -3.54. The Hall–Kier alpha value is -13.0. The van der Waals surface area contributed by atoms with Gasteiger partial charge in [-0.05, 0) is 260 Å². The number of hydrogen-bond donors (Lipinski definition) is 6. The minimum Gasteiger partial charge on any atom is -0.384 e. The van der Waals surface area contributed by atoms with Crippen LogP contribution in [0.25, 0.3) is 21.8 Å². The number of nitrogens with zero attached hydrogens (tertiary/aromatic N) is 5. The number of carbonyl (C=O) groups is 1. The molecule has 0 bridgehead atoms. The molecule has 6 aliphatic heterocycles. The average molecular weight is 1920 g/mol. The van der Waals surface area contributed by atoms with Crippen LogP contribution in [0.2, 0.25) is 0 Å². The number of hydrogen-bond acceptors (Lipinski definition) is 19. The molecule has 0 amide bonds. The van der Waals surface area contributed by atoms with Gasteiger partial charge in [0, 0.05) is 125 Å². The fourth-order valence-corrected chi connectivity index (χ4v) is 21.1. The second-order valence-electron chi connectivity index (χ2n) is 31.0. The van der Waals surface area contributed by atoms with Gasteiger partial charge in [-0.1, -0.05) is 168 Å². The molecule has 0 unspecified atom stereocenters. The van der Waals surface area contributed by atoms with E-state index in [9.17, 15) is 58.7 Å². The zero-order valence-electron chi connectivity index (χ0n) is 74.0. The molecule has 0 spiro atoms. The number of nitro benzene ring substituents is 2. The third-order valence-electron chi connectivity index (χ3n) is 22.7. The smallest absolute Gasteiger partial charge is 0.0373 e. The summed E-state index contributed by atoms with van der Waals surface area (Å²) in [5.74, 6) is -0.0119. The van der Waals surface area contributed by atoms with E-state index in [1.165, 1.54) is 95.0 Å². The van der Waals surface area contributed by atoms with Gasteiger partial charge in [0.1, 0.15) is 0 Å². The van der Waals surface area contributed by atoms with Crippen LogP contribution in [0.15, 0.2) is 305 Å². The third kappa shape index (κ3) is 25.4. The maximum atomic E-state index is 12.7. The summed E-state index contributed by atoms with van der Waals surface area (Å²) in [6.07, 6.45) is 13.8. The summed E-state index contributed by atoms with van der Waals surface area (Å²) in [7, 11) is -8.89. The zero-order chi connectivity index (χ0) is 94.7. The maximum absolute atomic E-state index is 12.7. The number of para-hydroxylation sites is 2. The number of nitro groups is 2. The third-order valence-corrected chi connectivity index (χ3v) is 29.6. The molecule has 0 fully saturated rings. The Balaban J connectivity index is 0.000000144. The SMILES string of the molecule is CC(=O)c1ccc2c(c1)CCN2S(=O)(=O)c1ccccc1.CCc1cc2c(cc1[N+](=O)[O-])NCC2.CCc1cc2cc[nH]c2cc1N.CCc1cc2cc[nH]c2cc1[N+](=O)[O-].CCc1ccc2c(c1)CCN2.CCc1ccc2c(c1)CCN2S(=O)(=O)c1ccccc1.O=S(=O)(Cl)c1ccccc1.O=S(=O)(c1ccccc1)N1CCc2ccccc21.[O]=[Mn]=[O].c1ccc2c(c1)CCN2. The monoisotopic (exact) mass is 1920 g/mol. The molecule has 8 heterocycles. The summed E-state index contributed by atoms with van der Waals surface area (Å²) >= 11 is -1.44. The number of aromatic nitrogens is 2. The first-order valence-corrected chi connectivity index (χ1v) is 50.8. The molecule has 32 heteroatoms. The van der Waals surface area contributed by atoms with Crippen molar-refractivity contribution in [1.82, 2.24) is 9.97 Å². The first-order chi connectivity index (χ1) is 63.4. The number of halogens is 1. The quantitative estimate of drug-likeness (QED) is 0.0139. The Morgan fingerprint density at radius 2 is 0.758 bits per heavy atom. The van der Waals surface area contributed by atoms with Crippen LogP contribution in [0.5, 0.6) is 0 Å². The number of rotatable bonds is 15. The molecule has 0 saturated carbocycles. The van der Waals surface area contributed by atoms with Crippen molar-refractivity contribution >= 4 is 129 Å². The normalized spacial score (nSPS) is 13.1. The van der Waals surface area contributed by atoms with Crippen molar-refractivity contribution in [2.24, 2.45) is 0 Å². The van der Waals surface area contributed by atoms with Crippen molar-refractivity contribution in [2.75, 3.05) is 73.9 Å². The predicted octanol–water partition coefficient (Wildman–Crippen LogP) is 20.4. The Morgan fingerprint density at radius 1 is 0.386 bits per heavy atom. The van der Waals surface area contributed by atoms with Gasteiger partial charge in [-0.15, -0.1) is 0 Å². The first-order valence-electron chi connectivity index (χ1n) is 43.2. The number of benzene rings is 12. The van der Waals surface area contributed by atoms with Crippen LogP contribution in [0, 0.1) is 20.2 Å². The Morgan fingerprint density at radius 3 is 1.22 bits per heavy atom. The van der Waals surface area contributed by atoms with Crippen LogP contribution in [-0.4, -0.2) is 98.5 Å². The fourth-order valence-electron chi connectivity index (χ4n) is 15.8. The number of nitrogens with two attached hydrogens (primary N) is 1. The van der Waals surface area contributed by atoms with Crippen molar-refractivity contribution in [2.45, 2.75) is 132 Å². The number of nitrogen functional groups attached to an aromatic ring is 1. The Bertz CT molecular complexity index is 6870. The molecule has 0 saturated heterocycles. The van der Waals surface area contributed by atoms with Gasteiger partial charge in [0.05, 0.1) is 52.0 Å². The number of carbonyl (C=O) groups excluding carboxylic acids is 1. The number of ketones is 1. The minimum absolute atomic E-state index is 0.0119. The van der Waals surface area contributed by atoms with E-state index in [-0.39, 0.29) is 36.8 Å². The van der Waals surface area contributed by atoms with E-state index in [0.29, 0.717) is 59.9 Å². The maximum Gasteiger partial charge on any atom is 0.0373 e. The molecule has 689 valence electrons. The molecule has 0 radical (unpaired) electrons. The number of aromatic amines is 2. The molecular formula is C100H106ClMnN11O15S4. The molecule has 0 aliphatic carbocycles. The van der Waals surface area contributed by atoms with Crippen molar-refractivity contribution in [3.63, 3.8) is 0 Å². The molecule has 14 aromatic rings. The van der Waals surface area contributed by atoms with Gasteiger partial charge < -0.3 is 31.7 Å². The number of anilines is 7. The number of aryl methyl sites for hydroxylation is 5. The van der Waals surface area contributed by atoms with Gasteiger partial charge in [-0.25, -0.2) is 33.7 Å². The van der Waals surface area contributed by atoms with E-state index in [4.69, 9.17) is 24.1 Å². The molecule has 0 atom stereocenters. The van der Waals surface area contributed by atoms with E-state index in [0.717, 1.165) is 125 Å². The predicted molar refractivity (Wildman–Crippen MR) is 521 cm³/mol. The number of H-pyrrole nitrogens is 2. The number of sulfonamides is 3. The van der Waals surface area contributed by atoms with Gasteiger partial charge in [-0.3, -0.25) is 37.9 Å². The van der Waals surface area contributed by atoms with E-state index in [2.05, 4.69) is 107 Å². The molecule has 26 nitrogen and oxygen atoms in total. The van der Waals surface area contributed by atoms with E-state index >= 15 is 0 Å². The number of Topliss-reactive ketones (excluding diaryl/α,β-unsaturated/α-hetero) is 1. The second-order valence-corrected chi connectivity index (χ2v) is 39.3. The van der Waals surface area contributed by atoms with E-state index < -0.39 is 53.9 Å². The van der Waals surface area contributed by atoms with Crippen LogP contribution in [-0.2, 0) is 132 Å². The van der Waals surface area contributed by atoms with Gasteiger partial charge >= 0.3 is 22.5 Å². The summed E-state index contributed by atoms with van der Waals surface area (Å²) in [6, 6.07) is 82.7. The van der Waals surface area contributed by atoms with Gasteiger partial charge in [0.2, 0.25) is 0 Å². The van der Waals surface area contributed by atoms with Crippen molar-refractivity contribution < 1.29 is 70.8 Å². The van der Waals surface area contributed by atoms with E-state index in [1.807, 2.05) is 92.8 Å². The largest absolute Gasteiger partial charge is 0.384 e. The summed E-state index contributed by atoms with van der Waals surface area (Å²) in [6.45, 7) is 16.4. The van der Waals surface area contributed by atoms with Crippen molar-refractivity contribution in [1.29, 1.82) is 0 Å². The molecule has 2 aromatic heterocycles. The zero-order valence-corrected chi connectivity index (χ0v) is 79.2. The van der Waals surface area contributed by atoms with Crippen LogP contribution >= 0.6 is 10.7 Å². The second kappa shape index (κ2) is 46.7. The van der Waals surface area contributed by atoms with Crippen LogP contribution in [0.4, 0.5) is 51.2 Å². The van der Waals surface area contributed by atoms with E-state index in [1.54, 1.807) is 134 Å². The van der Waals surface area contributed by atoms with Crippen molar-refractivity contribution in [3.8, 4) is 0 Å². The van der Waals surface area contributed by atoms with Crippen LogP contribution in [0.3, 0.4) is 0 Å². The number of fused-ring (bicyclic) bond motifs is 8. The van der Waals surface area contributed by atoms with Gasteiger partial charge in [-0.2, -0.15) is 0 Å². The van der Waals surface area contributed by atoms with Crippen LogP contribution in [0.1, 0.15) is 113 Å². The van der Waals surface area contributed by atoms with Crippen molar-refractivity contribution in [3.05, 3.63) is 372 Å². The summed E-state index contributed by atoms with van der Waals surface area (Å²) in [4.78, 5) is 39.5. The summed E-state index contributed by atoms with van der Waals surface area (Å²) in [5, 5.41) is 33.5. The van der Waals surface area contributed by atoms with Gasteiger partial charge in [0.25, 0.3) is 50.5 Å². The molecule has 12 aromatic carbocycles. The topological polar surface area (TPSA) is 377 Å². The molecule has 6 aliphatic rings. The Labute approximate surface area is 781 Å². The molecule has 20 rings (SSSR count). The summed E-state index contributed by atoms with van der Waals surface area (Å²) in [5.41, 5.74) is 28.4. The van der Waals surface area contributed by atoms with Gasteiger partial charge in [0.15, 0.2) is 5.78 Å². The average Bonchev–Trinajstić information content (AvgIpc) is 1.62. The van der Waals surface area contributed by atoms with Crippen LogP contribution < -0.4 is 34.6 Å². The summed E-state index contributed by atoms with van der Waals surface area (Å²) < 4.78 is 118. The standard InChI is InChI=1S/C16H15NO3S.C16H17NO2S.C14H13NO2S.C10H12N2O2.C10H10N2O2.C10H12N2.C10H13N.C8H9N.C6H5ClO2S.Mn.2O/c1-12(18)13-7-8-16-14(11-13)9-10-17(16)21(19,20)15-5-3-2-4-6-15;1-2-13-8-9-16-14(12-13)10-11-17(16)20(18,19)15-6-4-3-5-7-15;16-18(17,13-7-2-1-3-8-13)15-11-10-12-6-4-5-9-14(12)15;2*1-2-7-5-8-3-4-11-9(8)6-10(7)12(13)14;1-2-7-5-8-3-4-12-10(8)6-9(7)11;1-2-8-3-4-10-9(7-8)5-6-11-10;1-2-4-8-7(3-1)5-6-9-8;7-10(8,9)6-4-2-1-3-5-6;;;/h2-8,11H,9-10H2,1H3;3-9,12H,2,10-11H2,1H3;1-9H,10-11H2;5-6,11H,2-4H2,1H3;3-6,11H,2H2,1H3;3-6,12H,2,11H2,1H3;3-4,7,11H,2,5-6H2,1H3;1-4,9H,5-6H2;1-5H;;;. The first kappa shape index (κ1) is 99.6. The molecule has 7 N–H and O–H groups in total. The molecule has 132 heavy (non-hydrogen) atoms. The Kier molecular flexibility index (Phi) is 35.2. The molecular weight excluding hydrogens is 1810 g/mol. The fraction of sp³-hybridized carbons (Fsp3) is 0.230.